The lowest BCUT2D eigenvalue weighted by atomic mass is 10.0. The maximum Gasteiger partial charge on any atom is 0.230 e. The van der Waals surface area contributed by atoms with Crippen LogP contribution in [-0.4, -0.2) is 16.8 Å². The largest absolute Gasteiger partial charge is 0.332 e. The quantitative estimate of drug-likeness (QED) is 0.542. The van der Waals surface area contributed by atoms with Gasteiger partial charge in [-0.15, -0.1) is 0 Å². The minimum absolute atomic E-state index is 0.0282. The number of benzene rings is 3. The third-order valence-electron chi connectivity index (χ3n) is 4.01. The van der Waals surface area contributed by atoms with Gasteiger partial charge in [0, 0.05) is 11.3 Å². The first kappa shape index (κ1) is 17.8. The molecule has 0 aromatic heterocycles. The Bertz CT molecular complexity index is 993. The third kappa shape index (κ3) is 4.32. The van der Waals surface area contributed by atoms with E-state index in [9.17, 15) is 9.59 Å². The summed E-state index contributed by atoms with van der Waals surface area (Å²) in [5.74, 6) is -0.221. The van der Waals surface area contributed by atoms with Gasteiger partial charge in [-0.1, -0.05) is 54.6 Å². The second kappa shape index (κ2) is 7.89. The van der Waals surface area contributed by atoms with E-state index in [1.54, 1.807) is 24.3 Å². The van der Waals surface area contributed by atoms with Gasteiger partial charge in [0.2, 0.25) is 5.91 Å². The van der Waals surface area contributed by atoms with E-state index in [0.717, 1.165) is 16.3 Å². The van der Waals surface area contributed by atoms with Crippen molar-refractivity contribution in [3.63, 3.8) is 0 Å². The van der Waals surface area contributed by atoms with Crippen molar-refractivity contribution in [2.75, 3.05) is 5.32 Å². The minimum Gasteiger partial charge on any atom is -0.332 e. The molecule has 130 valence electrons. The highest BCUT2D eigenvalue weighted by Gasteiger charge is 2.09. The van der Waals surface area contributed by atoms with E-state index in [1.807, 2.05) is 42.5 Å². The second-order valence-corrected chi connectivity index (χ2v) is 6.36. The van der Waals surface area contributed by atoms with Crippen molar-refractivity contribution in [1.82, 2.24) is 5.32 Å². The molecule has 5 heteroatoms. The lowest BCUT2D eigenvalue weighted by Crippen LogP contribution is -2.35. The molecule has 2 N–H and O–H groups in total. The molecule has 0 saturated heterocycles. The number of carbonyl (C=O) groups excluding carboxylic acids is 2. The van der Waals surface area contributed by atoms with Crippen LogP contribution in [0.3, 0.4) is 0 Å². The first-order valence-electron chi connectivity index (χ1n) is 8.21. The first-order chi connectivity index (χ1) is 12.5. The Morgan fingerprint density at radius 1 is 0.962 bits per heavy atom. The van der Waals surface area contributed by atoms with Gasteiger partial charge in [-0.2, -0.15) is 0 Å². The summed E-state index contributed by atoms with van der Waals surface area (Å²) < 4.78 is 0. The number of rotatable bonds is 4. The number of anilines is 1. The molecule has 1 amide bonds. The minimum atomic E-state index is -0.193. The highest BCUT2D eigenvalue weighted by atomic mass is 32.1. The molecule has 0 saturated carbocycles. The third-order valence-corrected chi connectivity index (χ3v) is 4.21. The molecule has 3 aromatic carbocycles. The van der Waals surface area contributed by atoms with Crippen LogP contribution in [0.4, 0.5) is 5.69 Å². The fraction of sp³-hybridized carbons (Fsp3) is 0.0952. The molecule has 0 unspecified atom stereocenters. The summed E-state index contributed by atoms with van der Waals surface area (Å²) in [6.45, 7) is 1.50. The Morgan fingerprint density at radius 3 is 2.50 bits per heavy atom. The van der Waals surface area contributed by atoms with Crippen LogP contribution in [-0.2, 0) is 11.2 Å². The molecule has 0 aliphatic rings. The topological polar surface area (TPSA) is 58.2 Å². The summed E-state index contributed by atoms with van der Waals surface area (Å²) in [4.78, 5) is 23.8. The second-order valence-electron chi connectivity index (χ2n) is 5.95. The molecule has 4 nitrogen and oxygen atoms in total. The average molecular weight is 362 g/mol. The van der Waals surface area contributed by atoms with Crippen molar-refractivity contribution in [2.24, 2.45) is 0 Å². The highest BCUT2D eigenvalue weighted by molar-refractivity contribution is 7.80. The molecule has 26 heavy (non-hydrogen) atoms. The van der Waals surface area contributed by atoms with Gasteiger partial charge >= 0.3 is 0 Å². The summed E-state index contributed by atoms with van der Waals surface area (Å²) >= 11 is 5.21. The van der Waals surface area contributed by atoms with Gasteiger partial charge in [0.15, 0.2) is 10.9 Å². The Balaban J connectivity index is 1.65. The van der Waals surface area contributed by atoms with Gasteiger partial charge in [0.05, 0.1) is 6.42 Å². The molecular weight excluding hydrogens is 344 g/mol. The SMILES string of the molecule is CC(=O)c1cccc(NC(=S)NC(=O)Cc2cccc3ccccc23)c1. The van der Waals surface area contributed by atoms with E-state index in [4.69, 9.17) is 12.2 Å². The summed E-state index contributed by atoms with van der Waals surface area (Å²) in [6.07, 6.45) is 0.233. The summed E-state index contributed by atoms with van der Waals surface area (Å²) in [7, 11) is 0. The van der Waals surface area contributed by atoms with Crippen molar-refractivity contribution in [2.45, 2.75) is 13.3 Å². The van der Waals surface area contributed by atoms with E-state index in [2.05, 4.69) is 10.6 Å². The molecule has 3 aromatic rings. The summed E-state index contributed by atoms with van der Waals surface area (Å²) in [6, 6.07) is 20.8. The molecule has 0 fully saturated rings. The molecule has 0 spiro atoms. The Labute approximate surface area is 157 Å². The van der Waals surface area contributed by atoms with E-state index < -0.39 is 0 Å². The number of amides is 1. The van der Waals surface area contributed by atoms with Crippen molar-refractivity contribution < 1.29 is 9.59 Å². The molecule has 0 heterocycles. The zero-order chi connectivity index (χ0) is 18.5. The smallest absolute Gasteiger partial charge is 0.230 e. The molecule has 0 atom stereocenters. The fourth-order valence-electron chi connectivity index (χ4n) is 2.77. The van der Waals surface area contributed by atoms with Crippen molar-refractivity contribution in [3.8, 4) is 0 Å². The lowest BCUT2D eigenvalue weighted by molar-refractivity contribution is -0.119. The number of Topliss-reactive ketones (excluding diaryl/α,β-unsaturated/α-hetero) is 1. The maximum absolute atomic E-state index is 12.3. The zero-order valence-electron chi connectivity index (χ0n) is 14.3. The highest BCUT2D eigenvalue weighted by Crippen LogP contribution is 2.19. The Kier molecular flexibility index (Phi) is 5.39. The maximum atomic E-state index is 12.3. The standard InChI is InChI=1S/C21H18N2O2S/c1-14(24)16-8-5-10-18(12-16)22-21(26)23-20(25)13-17-9-4-7-15-6-2-3-11-19(15)17/h2-12H,13H2,1H3,(H2,22,23,25,26). The van der Waals surface area contributed by atoms with Crippen molar-refractivity contribution >= 4 is 45.5 Å². The molecule has 0 bridgehead atoms. The van der Waals surface area contributed by atoms with Crippen LogP contribution in [0.15, 0.2) is 66.7 Å². The number of ketones is 1. The normalized spacial score (nSPS) is 10.3. The molecule has 0 aliphatic heterocycles. The predicted octanol–water partition coefficient (Wildman–Crippen LogP) is 4.10. The van der Waals surface area contributed by atoms with Crippen LogP contribution >= 0.6 is 12.2 Å². The van der Waals surface area contributed by atoms with E-state index in [-0.39, 0.29) is 23.2 Å². The Hall–Kier alpha value is -3.05. The van der Waals surface area contributed by atoms with E-state index >= 15 is 0 Å². The average Bonchev–Trinajstić information content (AvgIpc) is 2.62. The fourth-order valence-corrected chi connectivity index (χ4v) is 3.00. The van der Waals surface area contributed by atoms with Gasteiger partial charge in [0.25, 0.3) is 0 Å². The van der Waals surface area contributed by atoms with Crippen molar-refractivity contribution in [3.05, 3.63) is 77.9 Å². The lowest BCUT2D eigenvalue weighted by Gasteiger charge is -2.11. The zero-order valence-corrected chi connectivity index (χ0v) is 15.1. The predicted molar refractivity (Wildman–Crippen MR) is 108 cm³/mol. The van der Waals surface area contributed by atoms with E-state index in [1.165, 1.54) is 6.92 Å². The van der Waals surface area contributed by atoms with Crippen LogP contribution in [0.1, 0.15) is 22.8 Å². The summed E-state index contributed by atoms with van der Waals surface area (Å²) in [5.41, 5.74) is 2.19. The number of thiocarbonyl (C=S) groups is 1. The van der Waals surface area contributed by atoms with Crippen LogP contribution in [0.25, 0.3) is 10.8 Å². The number of hydrogen-bond donors (Lipinski definition) is 2. The molecular formula is C21H18N2O2S. The van der Waals surface area contributed by atoms with E-state index in [0.29, 0.717) is 11.3 Å². The Morgan fingerprint density at radius 2 is 1.69 bits per heavy atom. The number of fused-ring (bicyclic) bond motifs is 1. The van der Waals surface area contributed by atoms with Gasteiger partial charge in [-0.05, 0) is 47.6 Å². The monoisotopic (exact) mass is 362 g/mol. The number of carbonyl (C=O) groups is 2. The first-order valence-corrected chi connectivity index (χ1v) is 8.62. The van der Waals surface area contributed by atoms with Crippen LogP contribution in [0.2, 0.25) is 0 Å². The van der Waals surface area contributed by atoms with Gasteiger partial charge in [-0.25, -0.2) is 0 Å². The molecule has 3 rings (SSSR count). The summed E-state index contributed by atoms with van der Waals surface area (Å²) in [5, 5.41) is 7.98. The van der Waals surface area contributed by atoms with Gasteiger partial charge in [0.1, 0.15) is 0 Å². The van der Waals surface area contributed by atoms with Gasteiger partial charge < -0.3 is 10.6 Å². The van der Waals surface area contributed by atoms with Crippen LogP contribution < -0.4 is 10.6 Å². The molecule has 0 aliphatic carbocycles. The number of hydrogen-bond acceptors (Lipinski definition) is 3. The number of nitrogens with one attached hydrogen (secondary N) is 2. The van der Waals surface area contributed by atoms with Crippen molar-refractivity contribution in [1.29, 1.82) is 0 Å². The van der Waals surface area contributed by atoms with Crippen LogP contribution in [0, 0.1) is 0 Å². The molecule has 0 radical (unpaired) electrons. The van der Waals surface area contributed by atoms with Gasteiger partial charge in [-0.3, -0.25) is 9.59 Å². The van der Waals surface area contributed by atoms with Crippen LogP contribution in [0.5, 0.6) is 0 Å².